The van der Waals surface area contributed by atoms with Crippen molar-refractivity contribution in [2.45, 2.75) is 63.7 Å². The number of carbonyl (C=O) groups is 5. The quantitative estimate of drug-likeness (QED) is 0.0741. The van der Waals surface area contributed by atoms with Gasteiger partial charge in [-0.3, -0.25) is 29.0 Å². The van der Waals surface area contributed by atoms with Crippen molar-refractivity contribution in [1.29, 1.82) is 0 Å². The molecule has 0 rings (SSSR count). The summed E-state index contributed by atoms with van der Waals surface area (Å²) < 4.78 is 0. The van der Waals surface area contributed by atoms with Gasteiger partial charge in [-0.15, -0.1) is 0 Å². The lowest BCUT2D eigenvalue weighted by atomic mass is 10.1. The van der Waals surface area contributed by atoms with E-state index in [1.54, 1.807) is 0 Å². The predicted molar refractivity (Wildman–Crippen MR) is 111 cm³/mol. The summed E-state index contributed by atoms with van der Waals surface area (Å²) in [4.78, 5) is 63.0. The maximum Gasteiger partial charge on any atom is 0.325 e. The number of hydrogen-bond acceptors (Lipinski definition) is 7. The molecule has 0 bridgehead atoms. The first-order valence-corrected chi connectivity index (χ1v) is 9.58. The molecule has 0 saturated carbocycles. The fourth-order valence-corrected chi connectivity index (χ4v) is 2.28. The van der Waals surface area contributed by atoms with Gasteiger partial charge in [0.1, 0.15) is 18.1 Å². The second-order valence-corrected chi connectivity index (χ2v) is 6.93. The number of primary amides is 1. The molecule has 12 N–H and O–H groups in total. The van der Waals surface area contributed by atoms with Gasteiger partial charge in [-0.1, -0.05) is 0 Å². The molecule has 0 spiro atoms. The average Bonchev–Trinajstić information content (AvgIpc) is 2.66. The summed E-state index contributed by atoms with van der Waals surface area (Å²) >= 11 is 0. The number of nitrogens with one attached hydrogen (secondary N) is 3. The Kier molecular flexibility index (Phi) is 12.2. The molecule has 0 aliphatic heterocycles. The fourth-order valence-electron chi connectivity index (χ4n) is 2.28. The lowest BCUT2D eigenvalue weighted by Gasteiger charge is -2.24. The van der Waals surface area contributed by atoms with Crippen LogP contribution < -0.4 is 38.9 Å². The van der Waals surface area contributed by atoms with Crippen LogP contribution in [0.25, 0.3) is 0 Å². The Morgan fingerprint density at radius 1 is 0.871 bits per heavy atom. The van der Waals surface area contributed by atoms with Crippen LogP contribution in [0.4, 0.5) is 0 Å². The summed E-state index contributed by atoms with van der Waals surface area (Å²) in [5.41, 5.74) is 21.1. The first kappa shape index (κ1) is 27.6. The van der Waals surface area contributed by atoms with Crippen LogP contribution in [0.3, 0.4) is 0 Å². The maximum atomic E-state index is 12.7. The van der Waals surface area contributed by atoms with Crippen LogP contribution in [-0.4, -0.2) is 71.4 Å². The van der Waals surface area contributed by atoms with Crippen LogP contribution in [-0.2, 0) is 24.0 Å². The average molecular weight is 444 g/mol. The van der Waals surface area contributed by atoms with Gasteiger partial charge in [0.25, 0.3) is 0 Å². The molecule has 4 atom stereocenters. The summed E-state index contributed by atoms with van der Waals surface area (Å²) in [6.07, 6.45) is 0.0442. The zero-order chi connectivity index (χ0) is 24.1. The summed E-state index contributed by atoms with van der Waals surface area (Å²) in [6, 6.07) is -4.45. The number of carbonyl (C=O) groups excluding carboxylic acids is 4. The van der Waals surface area contributed by atoms with E-state index in [0.717, 1.165) is 0 Å². The summed E-state index contributed by atoms with van der Waals surface area (Å²) in [7, 11) is 0. The number of amides is 4. The normalized spacial score (nSPS) is 14.3. The number of nitrogens with two attached hydrogens (primary N) is 4. The second-order valence-electron chi connectivity index (χ2n) is 6.93. The molecule has 0 saturated heterocycles. The van der Waals surface area contributed by atoms with Gasteiger partial charge in [-0.05, 0) is 33.1 Å². The molecule has 0 aliphatic rings. The Bertz CT molecular complexity index is 692. The van der Waals surface area contributed by atoms with E-state index in [-0.39, 0.29) is 31.8 Å². The molecular formula is C17H32N8O6. The highest BCUT2D eigenvalue weighted by Crippen LogP contribution is 2.04. The molecule has 0 aromatic heterocycles. The SMILES string of the molecule is CC(N)C(=O)NC(CCCN=C(N)N)C(=O)NC(CCC(N)=O)C(=O)NC(C)C(=O)O. The highest BCUT2D eigenvalue weighted by Gasteiger charge is 2.28. The number of hydrogen-bond donors (Lipinski definition) is 8. The minimum absolute atomic E-state index is 0.122. The third-order valence-electron chi connectivity index (χ3n) is 4.03. The van der Waals surface area contributed by atoms with Crippen LogP contribution in [0.1, 0.15) is 39.5 Å². The van der Waals surface area contributed by atoms with E-state index in [9.17, 15) is 24.0 Å². The molecule has 0 heterocycles. The molecule has 0 fully saturated rings. The zero-order valence-corrected chi connectivity index (χ0v) is 17.6. The molecular weight excluding hydrogens is 412 g/mol. The topological polar surface area (TPSA) is 258 Å². The van der Waals surface area contributed by atoms with Crippen LogP contribution in [0.15, 0.2) is 4.99 Å². The minimum atomic E-state index is -1.28. The highest BCUT2D eigenvalue weighted by atomic mass is 16.4. The number of carboxylic acids is 1. The number of aliphatic carboxylic acids is 1. The van der Waals surface area contributed by atoms with Crippen LogP contribution >= 0.6 is 0 Å². The lowest BCUT2D eigenvalue weighted by molar-refractivity contribution is -0.142. The smallest absolute Gasteiger partial charge is 0.325 e. The van der Waals surface area contributed by atoms with Crippen molar-refractivity contribution in [2.24, 2.45) is 27.9 Å². The van der Waals surface area contributed by atoms with Gasteiger partial charge in [-0.25, -0.2) is 0 Å². The van der Waals surface area contributed by atoms with Gasteiger partial charge >= 0.3 is 5.97 Å². The lowest BCUT2D eigenvalue weighted by Crippen LogP contribution is -2.56. The standard InChI is InChI=1S/C17H32N8O6/c1-8(18)13(27)24-10(4-3-7-22-17(20)21)15(29)25-11(5-6-12(19)26)14(28)23-9(2)16(30)31/h8-11H,3-7,18H2,1-2H3,(H2,19,26)(H,23,28)(H,24,27)(H,25,29)(H,30,31)(H4,20,21,22). The molecule has 0 aromatic carbocycles. The molecule has 31 heavy (non-hydrogen) atoms. The predicted octanol–water partition coefficient (Wildman–Crippen LogP) is -3.79. The van der Waals surface area contributed by atoms with Crippen molar-refractivity contribution in [3.63, 3.8) is 0 Å². The number of nitrogens with zero attached hydrogens (tertiary/aromatic N) is 1. The van der Waals surface area contributed by atoms with Crippen LogP contribution in [0, 0.1) is 0 Å². The molecule has 4 unspecified atom stereocenters. The molecule has 14 nitrogen and oxygen atoms in total. The third-order valence-corrected chi connectivity index (χ3v) is 4.03. The first-order valence-electron chi connectivity index (χ1n) is 9.58. The van der Waals surface area contributed by atoms with Crippen LogP contribution in [0.5, 0.6) is 0 Å². The van der Waals surface area contributed by atoms with Gasteiger partial charge in [0.2, 0.25) is 23.6 Å². The molecule has 0 aromatic rings. The van der Waals surface area contributed by atoms with Crippen molar-refractivity contribution in [3.8, 4) is 0 Å². The minimum Gasteiger partial charge on any atom is -0.480 e. The number of aliphatic imine (C=N–C) groups is 1. The largest absolute Gasteiger partial charge is 0.480 e. The third kappa shape index (κ3) is 12.0. The van der Waals surface area contributed by atoms with Crippen LogP contribution in [0.2, 0.25) is 0 Å². The van der Waals surface area contributed by atoms with E-state index < -0.39 is 53.8 Å². The summed E-state index contributed by atoms with van der Waals surface area (Å²) in [6.45, 7) is 2.87. The van der Waals surface area contributed by atoms with Crippen molar-refractivity contribution in [2.75, 3.05) is 6.54 Å². The highest BCUT2D eigenvalue weighted by molar-refractivity contribution is 5.94. The van der Waals surface area contributed by atoms with E-state index in [2.05, 4.69) is 20.9 Å². The van der Waals surface area contributed by atoms with Crippen molar-refractivity contribution in [3.05, 3.63) is 0 Å². The Morgan fingerprint density at radius 3 is 1.87 bits per heavy atom. The van der Waals surface area contributed by atoms with E-state index >= 15 is 0 Å². The second kappa shape index (κ2) is 13.7. The van der Waals surface area contributed by atoms with Gasteiger partial charge in [-0.2, -0.15) is 0 Å². The number of guanidine groups is 1. The van der Waals surface area contributed by atoms with E-state index in [0.29, 0.717) is 6.42 Å². The molecule has 14 heteroatoms. The first-order chi connectivity index (χ1) is 14.3. The Hall–Kier alpha value is -3.42. The number of rotatable bonds is 14. The molecule has 176 valence electrons. The van der Waals surface area contributed by atoms with Crippen molar-refractivity contribution >= 4 is 35.6 Å². The Morgan fingerprint density at radius 2 is 1.39 bits per heavy atom. The van der Waals surface area contributed by atoms with E-state index in [1.165, 1.54) is 13.8 Å². The van der Waals surface area contributed by atoms with Crippen molar-refractivity contribution in [1.82, 2.24) is 16.0 Å². The van der Waals surface area contributed by atoms with Gasteiger partial charge in [0.15, 0.2) is 5.96 Å². The summed E-state index contributed by atoms with van der Waals surface area (Å²) in [5, 5.41) is 16.0. The number of carboxylic acid groups (broad SMARTS) is 1. The monoisotopic (exact) mass is 444 g/mol. The molecule has 0 aliphatic carbocycles. The van der Waals surface area contributed by atoms with E-state index in [1.807, 2.05) is 0 Å². The Balaban J connectivity index is 5.36. The molecule has 4 amide bonds. The molecule has 0 radical (unpaired) electrons. The Labute approximate surface area is 179 Å². The van der Waals surface area contributed by atoms with Gasteiger partial charge in [0, 0.05) is 13.0 Å². The van der Waals surface area contributed by atoms with Crippen molar-refractivity contribution < 1.29 is 29.1 Å². The van der Waals surface area contributed by atoms with Gasteiger partial charge < -0.3 is 44.0 Å². The van der Waals surface area contributed by atoms with Gasteiger partial charge in [0.05, 0.1) is 6.04 Å². The zero-order valence-electron chi connectivity index (χ0n) is 17.6. The maximum absolute atomic E-state index is 12.7. The van der Waals surface area contributed by atoms with E-state index in [4.69, 9.17) is 28.0 Å². The fraction of sp³-hybridized carbons (Fsp3) is 0.647. The summed E-state index contributed by atoms with van der Waals surface area (Å²) in [5.74, 6) is -4.27.